The fraction of sp³-hybridized carbons (Fsp3) is 0.462. The van der Waals surface area contributed by atoms with E-state index in [1.54, 1.807) is 11.8 Å². The van der Waals surface area contributed by atoms with E-state index in [0.29, 0.717) is 6.54 Å². The zero-order chi connectivity index (χ0) is 15.6. The van der Waals surface area contributed by atoms with Gasteiger partial charge in [-0.1, -0.05) is 0 Å². The second kappa shape index (κ2) is 6.04. The molecule has 0 aromatic heterocycles. The van der Waals surface area contributed by atoms with Crippen LogP contribution in [0.5, 0.6) is 0 Å². The van der Waals surface area contributed by atoms with Crippen LogP contribution in [-0.2, 0) is 14.3 Å². The van der Waals surface area contributed by atoms with Gasteiger partial charge in [0.15, 0.2) is 6.10 Å². The van der Waals surface area contributed by atoms with Crippen molar-refractivity contribution < 1.29 is 23.6 Å². The number of hydrogen-bond donors (Lipinski definition) is 0. The quantitative estimate of drug-likeness (QED) is 0.478. The normalized spacial score (nSPS) is 22.0. The molecule has 2 atom stereocenters. The molecule has 21 heavy (non-hydrogen) atoms. The largest absolute Gasteiger partial charge is 0.467 e. The molecule has 8 heteroatoms. The first-order valence-electron chi connectivity index (χ1n) is 6.34. The Hall–Kier alpha value is -2.22. The van der Waals surface area contributed by atoms with Crippen molar-refractivity contribution in [1.29, 1.82) is 0 Å². The standard InChI is InChI=1S/C13H15FN2O5/c1-8-6-15(7-12(21-8)13(17)20-2)10-4-3-9(14)5-11(10)16(18)19/h3-5,8,12H,6-7H2,1-2H3/t8-,12?/m1/s1. The maximum atomic E-state index is 13.2. The predicted molar refractivity (Wildman–Crippen MR) is 71.6 cm³/mol. The molecule has 2 rings (SSSR count). The molecule has 0 bridgehead atoms. The molecule has 0 N–H and O–H groups in total. The van der Waals surface area contributed by atoms with Crippen molar-refractivity contribution in [3.8, 4) is 0 Å². The summed E-state index contributed by atoms with van der Waals surface area (Å²) in [7, 11) is 1.25. The average molecular weight is 298 g/mol. The minimum absolute atomic E-state index is 0.115. The monoisotopic (exact) mass is 298 g/mol. The van der Waals surface area contributed by atoms with Crippen molar-refractivity contribution in [2.45, 2.75) is 19.1 Å². The van der Waals surface area contributed by atoms with E-state index in [0.717, 1.165) is 12.1 Å². The Labute approximate surface area is 120 Å². The lowest BCUT2D eigenvalue weighted by Crippen LogP contribution is -2.50. The maximum Gasteiger partial charge on any atom is 0.336 e. The first kappa shape index (κ1) is 15.2. The van der Waals surface area contributed by atoms with E-state index < -0.39 is 22.8 Å². The lowest BCUT2D eigenvalue weighted by atomic mass is 10.1. The second-order valence-corrected chi connectivity index (χ2v) is 4.75. The van der Waals surface area contributed by atoms with Gasteiger partial charge < -0.3 is 14.4 Å². The van der Waals surface area contributed by atoms with Crippen molar-refractivity contribution in [1.82, 2.24) is 0 Å². The number of methoxy groups -OCH3 is 1. The molecule has 0 radical (unpaired) electrons. The van der Waals surface area contributed by atoms with Gasteiger partial charge in [0.1, 0.15) is 11.5 Å². The zero-order valence-corrected chi connectivity index (χ0v) is 11.6. The zero-order valence-electron chi connectivity index (χ0n) is 11.6. The second-order valence-electron chi connectivity index (χ2n) is 4.75. The Morgan fingerprint density at radius 1 is 1.52 bits per heavy atom. The third-order valence-electron chi connectivity index (χ3n) is 3.20. The van der Waals surface area contributed by atoms with Crippen molar-refractivity contribution in [2.24, 2.45) is 0 Å². The number of anilines is 1. The van der Waals surface area contributed by atoms with Gasteiger partial charge >= 0.3 is 5.97 Å². The van der Waals surface area contributed by atoms with Crippen LogP contribution in [-0.4, -0.2) is 43.3 Å². The number of halogens is 1. The van der Waals surface area contributed by atoms with E-state index in [1.165, 1.54) is 13.2 Å². The number of hydrogen-bond acceptors (Lipinski definition) is 6. The molecule has 1 unspecified atom stereocenters. The Kier molecular flexibility index (Phi) is 4.37. The van der Waals surface area contributed by atoms with Crippen LogP contribution in [0.3, 0.4) is 0 Å². The van der Waals surface area contributed by atoms with Crippen molar-refractivity contribution in [3.05, 3.63) is 34.1 Å². The highest BCUT2D eigenvalue weighted by atomic mass is 19.1. The Morgan fingerprint density at radius 3 is 2.86 bits per heavy atom. The Bertz CT molecular complexity index is 565. The molecule has 1 fully saturated rings. The van der Waals surface area contributed by atoms with Gasteiger partial charge in [-0.25, -0.2) is 9.18 Å². The van der Waals surface area contributed by atoms with Crippen molar-refractivity contribution in [2.75, 3.05) is 25.1 Å². The van der Waals surface area contributed by atoms with Gasteiger partial charge in [-0.3, -0.25) is 10.1 Å². The molecule has 0 amide bonds. The van der Waals surface area contributed by atoms with Crippen LogP contribution >= 0.6 is 0 Å². The summed E-state index contributed by atoms with van der Waals surface area (Å²) in [5, 5.41) is 11.1. The number of carbonyl (C=O) groups is 1. The van der Waals surface area contributed by atoms with Gasteiger partial charge in [0.25, 0.3) is 5.69 Å². The summed E-state index contributed by atoms with van der Waals surface area (Å²) in [6.07, 6.45) is -1.14. The number of benzene rings is 1. The molecule has 1 aliphatic rings. The number of ether oxygens (including phenoxy) is 2. The average Bonchev–Trinajstić information content (AvgIpc) is 2.45. The Morgan fingerprint density at radius 2 is 2.24 bits per heavy atom. The van der Waals surface area contributed by atoms with Crippen molar-refractivity contribution in [3.63, 3.8) is 0 Å². The van der Waals surface area contributed by atoms with E-state index in [9.17, 15) is 19.3 Å². The first-order valence-corrected chi connectivity index (χ1v) is 6.34. The Balaban J connectivity index is 2.32. The number of rotatable bonds is 3. The van der Waals surface area contributed by atoms with Gasteiger partial charge in [0.2, 0.25) is 0 Å². The summed E-state index contributed by atoms with van der Waals surface area (Å²) in [5.74, 6) is -1.23. The predicted octanol–water partition coefficient (Wildman–Crippen LogP) is 1.50. The van der Waals surface area contributed by atoms with Gasteiger partial charge in [-0.2, -0.15) is 0 Å². The fourth-order valence-corrected chi connectivity index (χ4v) is 2.32. The van der Waals surface area contributed by atoms with E-state index in [2.05, 4.69) is 4.74 Å². The molecular weight excluding hydrogens is 283 g/mol. The van der Waals surface area contributed by atoms with Crippen LogP contribution in [0.15, 0.2) is 18.2 Å². The third-order valence-corrected chi connectivity index (χ3v) is 3.20. The molecule has 1 aromatic carbocycles. The highest BCUT2D eigenvalue weighted by Crippen LogP contribution is 2.31. The molecule has 114 valence electrons. The van der Waals surface area contributed by atoms with E-state index in [-0.39, 0.29) is 24.0 Å². The molecular formula is C13H15FN2O5. The molecule has 7 nitrogen and oxygen atoms in total. The summed E-state index contributed by atoms with van der Waals surface area (Å²) in [6, 6.07) is 3.35. The molecule has 1 heterocycles. The van der Waals surface area contributed by atoms with Crippen LogP contribution in [0.4, 0.5) is 15.8 Å². The number of nitro benzene ring substituents is 1. The number of morpholine rings is 1. The van der Waals surface area contributed by atoms with E-state index in [4.69, 9.17) is 4.74 Å². The number of nitrogens with zero attached hydrogens (tertiary/aromatic N) is 2. The summed E-state index contributed by atoms with van der Waals surface area (Å²) in [5.41, 5.74) is -0.0850. The SMILES string of the molecule is COC(=O)C1CN(c2ccc(F)cc2[N+](=O)[O-])C[C@@H](C)O1. The third kappa shape index (κ3) is 3.27. The molecule has 1 aromatic rings. The van der Waals surface area contributed by atoms with Gasteiger partial charge in [0, 0.05) is 6.54 Å². The number of nitro groups is 1. The molecule has 1 saturated heterocycles. The fourth-order valence-electron chi connectivity index (χ4n) is 2.32. The molecule has 0 aliphatic carbocycles. The highest BCUT2D eigenvalue weighted by molar-refractivity contribution is 5.76. The summed E-state index contributed by atoms with van der Waals surface area (Å²) < 4.78 is 23.3. The lowest BCUT2D eigenvalue weighted by molar-refractivity contribution is -0.384. The first-order chi connectivity index (χ1) is 9.92. The van der Waals surface area contributed by atoms with Gasteiger partial charge in [-0.05, 0) is 19.1 Å². The van der Waals surface area contributed by atoms with Crippen LogP contribution in [0.2, 0.25) is 0 Å². The van der Waals surface area contributed by atoms with Gasteiger partial charge in [-0.15, -0.1) is 0 Å². The minimum Gasteiger partial charge on any atom is -0.467 e. The van der Waals surface area contributed by atoms with Crippen LogP contribution in [0.1, 0.15) is 6.92 Å². The molecule has 0 saturated carbocycles. The summed E-state index contributed by atoms with van der Waals surface area (Å²) in [6.45, 7) is 2.22. The minimum atomic E-state index is -0.830. The molecule has 0 spiro atoms. The lowest BCUT2D eigenvalue weighted by Gasteiger charge is -2.36. The highest BCUT2D eigenvalue weighted by Gasteiger charge is 2.33. The maximum absolute atomic E-state index is 13.2. The van der Waals surface area contributed by atoms with E-state index in [1.807, 2.05) is 0 Å². The number of carbonyl (C=O) groups excluding carboxylic acids is 1. The van der Waals surface area contributed by atoms with Crippen LogP contribution in [0, 0.1) is 15.9 Å². The summed E-state index contributed by atoms with van der Waals surface area (Å²) >= 11 is 0. The van der Waals surface area contributed by atoms with Gasteiger partial charge in [0.05, 0.1) is 30.7 Å². The number of esters is 1. The van der Waals surface area contributed by atoms with E-state index >= 15 is 0 Å². The van der Waals surface area contributed by atoms with Crippen LogP contribution in [0.25, 0.3) is 0 Å². The van der Waals surface area contributed by atoms with Crippen LogP contribution < -0.4 is 4.90 Å². The molecule has 1 aliphatic heterocycles. The van der Waals surface area contributed by atoms with Crippen molar-refractivity contribution >= 4 is 17.3 Å². The smallest absolute Gasteiger partial charge is 0.336 e. The summed E-state index contributed by atoms with van der Waals surface area (Å²) in [4.78, 5) is 23.6. The topological polar surface area (TPSA) is 81.9 Å².